The van der Waals surface area contributed by atoms with Gasteiger partial charge in [-0.1, -0.05) is 6.92 Å². The van der Waals surface area contributed by atoms with E-state index in [1.165, 1.54) is 7.14 Å². The first kappa shape index (κ1) is 12.5. The van der Waals surface area contributed by atoms with Crippen molar-refractivity contribution >= 4 is 50.9 Å². The molecule has 0 bridgehead atoms. The lowest BCUT2D eigenvalue weighted by Gasteiger charge is -2.11. The van der Waals surface area contributed by atoms with Gasteiger partial charge in [0.2, 0.25) is 0 Å². The molecular formula is C10H13I2NO. The van der Waals surface area contributed by atoms with E-state index in [1.54, 1.807) is 0 Å². The number of benzene rings is 1. The van der Waals surface area contributed by atoms with Crippen molar-refractivity contribution in [1.29, 1.82) is 0 Å². The number of halogens is 2. The summed E-state index contributed by atoms with van der Waals surface area (Å²) in [4.78, 5) is 0. The van der Waals surface area contributed by atoms with Gasteiger partial charge >= 0.3 is 0 Å². The number of aliphatic hydroxyl groups excluding tert-OH is 1. The van der Waals surface area contributed by atoms with Crippen LogP contribution in [-0.2, 0) is 0 Å². The van der Waals surface area contributed by atoms with Gasteiger partial charge in [0.1, 0.15) is 0 Å². The van der Waals surface area contributed by atoms with E-state index < -0.39 is 0 Å². The second-order valence-electron chi connectivity index (χ2n) is 3.33. The Hall–Kier alpha value is 0.440. The van der Waals surface area contributed by atoms with Crippen molar-refractivity contribution in [3.8, 4) is 0 Å². The first-order chi connectivity index (χ1) is 6.61. The second kappa shape index (κ2) is 6.12. The lowest BCUT2D eigenvalue weighted by molar-refractivity contribution is 0.244. The summed E-state index contributed by atoms with van der Waals surface area (Å²) in [5, 5.41) is 12.2. The first-order valence-electron chi connectivity index (χ1n) is 4.42. The van der Waals surface area contributed by atoms with Crippen LogP contribution in [0.15, 0.2) is 18.2 Å². The highest BCUT2D eigenvalue weighted by Gasteiger charge is 2.01. The Morgan fingerprint density at radius 2 is 1.86 bits per heavy atom. The van der Waals surface area contributed by atoms with Crippen molar-refractivity contribution < 1.29 is 5.11 Å². The molecule has 0 aromatic heterocycles. The van der Waals surface area contributed by atoms with E-state index in [1.807, 2.05) is 6.92 Å². The lowest BCUT2D eigenvalue weighted by Crippen LogP contribution is -2.14. The zero-order valence-electron chi connectivity index (χ0n) is 7.93. The highest BCUT2D eigenvalue weighted by atomic mass is 127. The van der Waals surface area contributed by atoms with Crippen LogP contribution in [0.4, 0.5) is 5.69 Å². The van der Waals surface area contributed by atoms with Crippen LogP contribution in [0.2, 0.25) is 0 Å². The van der Waals surface area contributed by atoms with Gasteiger partial charge in [0, 0.05) is 26.0 Å². The Balaban J connectivity index is 2.58. The second-order valence-corrected chi connectivity index (χ2v) is 5.82. The average Bonchev–Trinajstić information content (AvgIpc) is 2.12. The zero-order chi connectivity index (χ0) is 10.6. The molecule has 0 radical (unpaired) electrons. The fraction of sp³-hybridized carbons (Fsp3) is 0.400. The molecule has 0 amide bonds. The molecule has 1 unspecified atom stereocenters. The number of rotatable bonds is 4. The maximum atomic E-state index is 8.88. The van der Waals surface area contributed by atoms with Gasteiger partial charge in [-0.25, -0.2) is 0 Å². The smallest absolute Gasteiger partial charge is 0.0473 e. The molecule has 0 aliphatic heterocycles. The maximum absolute atomic E-state index is 8.88. The fourth-order valence-electron chi connectivity index (χ4n) is 1.01. The molecule has 78 valence electrons. The molecule has 0 aliphatic rings. The Morgan fingerprint density at radius 1 is 1.29 bits per heavy atom. The zero-order valence-corrected chi connectivity index (χ0v) is 12.2. The summed E-state index contributed by atoms with van der Waals surface area (Å²) >= 11 is 4.61. The third kappa shape index (κ3) is 4.31. The van der Waals surface area contributed by atoms with Gasteiger partial charge in [0.05, 0.1) is 0 Å². The van der Waals surface area contributed by atoms with Crippen LogP contribution in [0.1, 0.15) is 6.92 Å². The van der Waals surface area contributed by atoms with Crippen molar-refractivity contribution in [2.75, 3.05) is 18.5 Å². The Labute approximate surface area is 112 Å². The maximum Gasteiger partial charge on any atom is 0.0473 e. The third-order valence-electron chi connectivity index (χ3n) is 1.83. The largest absolute Gasteiger partial charge is 0.396 e. The van der Waals surface area contributed by atoms with Crippen molar-refractivity contribution in [2.24, 2.45) is 5.92 Å². The van der Waals surface area contributed by atoms with Crippen LogP contribution in [-0.4, -0.2) is 18.3 Å². The molecule has 0 heterocycles. The van der Waals surface area contributed by atoms with Gasteiger partial charge in [-0.2, -0.15) is 0 Å². The Morgan fingerprint density at radius 3 is 2.36 bits per heavy atom. The number of nitrogens with one attached hydrogen (secondary N) is 1. The summed E-state index contributed by atoms with van der Waals surface area (Å²) in [7, 11) is 0. The number of aliphatic hydroxyl groups is 1. The minimum Gasteiger partial charge on any atom is -0.396 e. The van der Waals surface area contributed by atoms with Crippen LogP contribution < -0.4 is 5.32 Å². The van der Waals surface area contributed by atoms with Crippen LogP contribution in [0.5, 0.6) is 0 Å². The highest BCUT2D eigenvalue weighted by molar-refractivity contribution is 14.1. The summed E-state index contributed by atoms with van der Waals surface area (Å²) in [6.07, 6.45) is 0. The van der Waals surface area contributed by atoms with E-state index in [4.69, 9.17) is 5.11 Å². The molecule has 2 nitrogen and oxygen atoms in total. The minimum absolute atomic E-state index is 0.230. The molecule has 1 rings (SSSR count). The molecule has 1 aromatic carbocycles. The highest BCUT2D eigenvalue weighted by Crippen LogP contribution is 2.18. The topological polar surface area (TPSA) is 32.3 Å². The summed E-state index contributed by atoms with van der Waals surface area (Å²) in [5.41, 5.74) is 1.13. The monoisotopic (exact) mass is 417 g/mol. The van der Waals surface area contributed by atoms with E-state index in [0.29, 0.717) is 5.92 Å². The van der Waals surface area contributed by atoms with Crippen molar-refractivity contribution in [3.63, 3.8) is 0 Å². The predicted molar refractivity (Wildman–Crippen MR) is 76.6 cm³/mol. The Bertz CT molecular complexity index is 284. The van der Waals surface area contributed by atoms with Crippen LogP contribution in [0.3, 0.4) is 0 Å². The van der Waals surface area contributed by atoms with Gasteiger partial charge in [-0.3, -0.25) is 0 Å². The quantitative estimate of drug-likeness (QED) is 0.739. The average molecular weight is 417 g/mol. The molecule has 1 atom stereocenters. The summed E-state index contributed by atoms with van der Waals surface area (Å²) < 4.78 is 2.46. The predicted octanol–water partition coefficient (Wildman–Crippen LogP) is 2.94. The normalized spacial score (nSPS) is 12.6. The minimum atomic E-state index is 0.230. The summed E-state index contributed by atoms with van der Waals surface area (Å²) in [6.45, 7) is 3.06. The van der Waals surface area contributed by atoms with Crippen molar-refractivity contribution in [1.82, 2.24) is 0 Å². The molecule has 4 heteroatoms. The van der Waals surface area contributed by atoms with E-state index in [2.05, 4.69) is 68.7 Å². The molecule has 14 heavy (non-hydrogen) atoms. The van der Waals surface area contributed by atoms with Gasteiger partial charge in [0.25, 0.3) is 0 Å². The van der Waals surface area contributed by atoms with E-state index in [-0.39, 0.29) is 6.61 Å². The number of hydrogen-bond donors (Lipinski definition) is 2. The van der Waals surface area contributed by atoms with Gasteiger partial charge in [-0.15, -0.1) is 0 Å². The molecule has 0 saturated carbocycles. The van der Waals surface area contributed by atoms with Crippen molar-refractivity contribution in [3.05, 3.63) is 25.3 Å². The van der Waals surface area contributed by atoms with Gasteiger partial charge in [0.15, 0.2) is 0 Å². The van der Waals surface area contributed by atoms with E-state index >= 15 is 0 Å². The number of anilines is 1. The molecule has 1 aromatic rings. The number of hydrogen-bond acceptors (Lipinski definition) is 2. The lowest BCUT2D eigenvalue weighted by atomic mass is 10.2. The van der Waals surface area contributed by atoms with Gasteiger partial charge in [-0.05, 0) is 69.3 Å². The van der Waals surface area contributed by atoms with E-state index in [0.717, 1.165) is 12.2 Å². The summed E-state index contributed by atoms with van der Waals surface area (Å²) in [6, 6.07) is 6.33. The van der Waals surface area contributed by atoms with Crippen LogP contribution in [0.25, 0.3) is 0 Å². The fourth-order valence-corrected chi connectivity index (χ4v) is 2.95. The SMILES string of the molecule is CC(CO)CNc1cc(I)cc(I)c1. The van der Waals surface area contributed by atoms with Crippen LogP contribution >= 0.6 is 45.2 Å². The third-order valence-corrected chi connectivity index (χ3v) is 3.07. The molecule has 0 fully saturated rings. The van der Waals surface area contributed by atoms with E-state index in [9.17, 15) is 0 Å². The molecule has 0 aliphatic carbocycles. The molecule has 0 saturated heterocycles. The molecular weight excluding hydrogens is 404 g/mol. The summed E-state index contributed by atoms with van der Waals surface area (Å²) in [5.74, 6) is 0.297. The van der Waals surface area contributed by atoms with Gasteiger partial charge < -0.3 is 10.4 Å². The molecule has 0 spiro atoms. The molecule has 2 N–H and O–H groups in total. The van der Waals surface area contributed by atoms with Crippen molar-refractivity contribution in [2.45, 2.75) is 6.92 Å². The first-order valence-corrected chi connectivity index (χ1v) is 6.58. The standard InChI is InChI=1S/C10H13I2NO/c1-7(6-14)5-13-10-3-8(11)2-9(12)4-10/h2-4,7,13-14H,5-6H2,1H3. The van der Waals surface area contributed by atoms with Crippen LogP contribution in [0, 0.1) is 13.1 Å². The Kier molecular flexibility index (Phi) is 5.47.